The highest BCUT2D eigenvalue weighted by Crippen LogP contribution is 2.19. The SMILES string of the molecule is CCC(O)(CC)CN1CC(N)C1. The van der Waals surface area contributed by atoms with Gasteiger partial charge in [0.05, 0.1) is 5.60 Å². The number of nitrogens with zero attached hydrogens (tertiary/aromatic N) is 1. The number of aliphatic hydroxyl groups is 1. The zero-order chi connectivity index (χ0) is 9.19. The van der Waals surface area contributed by atoms with Crippen LogP contribution in [0.15, 0.2) is 0 Å². The van der Waals surface area contributed by atoms with Gasteiger partial charge in [0.2, 0.25) is 0 Å². The molecule has 0 atom stereocenters. The van der Waals surface area contributed by atoms with Crippen molar-refractivity contribution in [3.05, 3.63) is 0 Å². The van der Waals surface area contributed by atoms with Crippen molar-refractivity contribution >= 4 is 0 Å². The van der Waals surface area contributed by atoms with Crippen molar-refractivity contribution in [2.75, 3.05) is 19.6 Å². The Morgan fingerprint density at radius 1 is 1.42 bits per heavy atom. The molecule has 0 aromatic rings. The van der Waals surface area contributed by atoms with Crippen LogP contribution >= 0.6 is 0 Å². The van der Waals surface area contributed by atoms with E-state index in [9.17, 15) is 5.11 Å². The summed E-state index contributed by atoms with van der Waals surface area (Å²) in [6.07, 6.45) is 1.66. The number of hydrogen-bond acceptors (Lipinski definition) is 3. The van der Waals surface area contributed by atoms with Crippen LogP contribution in [0.3, 0.4) is 0 Å². The third-order valence-electron chi connectivity index (χ3n) is 2.82. The summed E-state index contributed by atoms with van der Waals surface area (Å²) in [6.45, 7) is 6.74. The molecule has 1 aliphatic heterocycles. The molecular formula is C9H20N2O. The monoisotopic (exact) mass is 172 g/mol. The van der Waals surface area contributed by atoms with Gasteiger partial charge in [-0.3, -0.25) is 4.90 Å². The summed E-state index contributed by atoms with van der Waals surface area (Å²) in [5, 5.41) is 9.97. The first kappa shape index (κ1) is 9.96. The maximum Gasteiger partial charge on any atom is 0.0768 e. The van der Waals surface area contributed by atoms with Crippen molar-refractivity contribution in [1.29, 1.82) is 0 Å². The zero-order valence-corrected chi connectivity index (χ0v) is 8.08. The van der Waals surface area contributed by atoms with Gasteiger partial charge >= 0.3 is 0 Å². The molecule has 3 nitrogen and oxygen atoms in total. The highest BCUT2D eigenvalue weighted by molar-refractivity contribution is 4.88. The topological polar surface area (TPSA) is 49.5 Å². The van der Waals surface area contributed by atoms with Gasteiger partial charge in [0.25, 0.3) is 0 Å². The molecule has 0 aromatic carbocycles. The second-order valence-electron chi connectivity index (χ2n) is 3.89. The summed E-state index contributed by atoms with van der Waals surface area (Å²) in [7, 11) is 0. The molecule has 1 fully saturated rings. The molecule has 1 saturated heterocycles. The van der Waals surface area contributed by atoms with Crippen LogP contribution in [-0.2, 0) is 0 Å². The van der Waals surface area contributed by atoms with Crippen molar-refractivity contribution in [2.45, 2.75) is 38.3 Å². The quantitative estimate of drug-likeness (QED) is 0.636. The predicted molar refractivity (Wildman–Crippen MR) is 49.9 cm³/mol. The molecule has 0 radical (unpaired) electrons. The second kappa shape index (κ2) is 3.73. The van der Waals surface area contributed by atoms with E-state index in [0.717, 1.165) is 32.5 Å². The number of likely N-dealkylation sites (tertiary alicyclic amines) is 1. The fourth-order valence-electron chi connectivity index (χ4n) is 1.63. The van der Waals surface area contributed by atoms with Crippen LogP contribution < -0.4 is 5.73 Å². The average Bonchev–Trinajstić information content (AvgIpc) is 2.02. The van der Waals surface area contributed by atoms with Gasteiger partial charge in [0.15, 0.2) is 0 Å². The molecule has 0 saturated carbocycles. The van der Waals surface area contributed by atoms with Gasteiger partial charge < -0.3 is 10.8 Å². The van der Waals surface area contributed by atoms with Gasteiger partial charge in [-0.05, 0) is 12.8 Å². The molecule has 72 valence electrons. The lowest BCUT2D eigenvalue weighted by molar-refractivity contribution is -0.0241. The molecule has 1 aliphatic rings. The normalized spacial score (nSPS) is 21.0. The van der Waals surface area contributed by atoms with Gasteiger partial charge in [-0.1, -0.05) is 13.8 Å². The van der Waals surface area contributed by atoms with E-state index in [1.165, 1.54) is 0 Å². The molecule has 1 rings (SSSR count). The molecule has 0 aliphatic carbocycles. The number of β-amino-alcohol motifs (C(OH)–C–C–N with tert-alkyl or cyclic N) is 1. The molecule has 1 heterocycles. The highest BCUT2D eigenvalue weighted by atomic mass is 16.3. The summed E-state index contributed by atoms with van der Waals surface area (Å²) in [4.78, 5) is 2.22. The van der Waals surface area contributed by atoms with E-state index in [1.807, 2.05) is 13.8 Å². The number of nitrogens with two attached hydrogens (primary N) is 1. The Kier molecular flexibility index (Phi) is 3.09. The van der Waals surface area contributed by atoms with Gasteiger partial charge in [-0.25, -0.2) is 0 Å². The maximum absolute atomic E-state index is 9.97. The lowest BCUT2D eigenvalue weighted by Gasteiger charge is -2.41. The summed E-state index contributed by atoms with van der Waals surface area (Å²) in [5.41, 5.74) is 5.16. The van der Waals surface area contributed by atoms with Crippen molar-refractivity contribution in [3.63, 3.8) is 0 Å². The predicted octanol–water partition coefficient (Wildman–Crippen LogP) is 0.180. The van der Waals surface area contributed by atoms with Crippen molar-refractivity contribution in [3.8, 4) is 0 Å². The molecule has 0 unspecified atom stereocenters. The van der Waals surface area contributed by atoms with Gasteiger partial charge in [-0.15, -0.1) is 0 Å². The Morgan fingerprint density at radius 3 is 2.25 bits per heavy atom. The molecular weight excluding hydrogens is 152 g/mol. The minimum Gasteiger partial charge on any atom is -0.389 e. The van der Waals surface area contributed by atoms with Crippen LogP contribution in [0.25, 0.3) is 0 Å². The summed E-state index contributed by atoms with van der Waals surface area (Å²) in [5.74, 6) is 0. The molecule has 0 amide bonds. The highest BCUT2D eigenvalue weighted by Gasteiger charge is 2.31. The lowest BCUT2D eigenvalue weighted by atomic mass is 9.95. The van der Waals surface area contributed by atoms with Crippen molar-refractivity contribution < 1.29 is 5.11 Å². The fourth-order valence-corrected chi connectivity index (χ4v) is 1.63. The minimum atomic E-state index is -0.486. The molecule has 12 heavy (non-hydrogen) atoms. The Labute approximate surface area is 74.5 Å². The van der Waals surface area contributed by atoms with E-state index in [4.69, 9.17) is 5.73 Å². The summed E-state index contributed by atoms with van der Waals surface area (Å²) in [6, 6.07) is 0.336. The van der Waals surface area contributed by atoms with Crippen LogP contribution in [0.1, 0.15) is 26.7 Å². The first-order chi connectivity index (χ1) is 5.59. The van der Waals surface area contributed by atoms with E-state index < -0.39 is 5.60 Å². The Morgan fingerprint density at radius 2 is 1.92 bits per heavy atom. The van der Waals surface area contributed by atoms with E-state index in [-0.39, 0.29) is 0 Å². The standard InChI is InChI=1S/C9H20N2O/c1-3-9(12,4-2)7-11-5-8(10)6-11/h8,12H,3-7,10H2,1-2H3. The zero-order valence-electron chi connectivity index (χ0n) is 8.08. The largest absolute Gasteiger partial charge is 0.389 e. The number of hydrogen-bond donors (Lipinski definition) is 2. The first-order valence-corrected chi connectivity index (χ1v) is 4.80. The van der Waals surface area contributed by atoms with E-state index >= 15 is 0 Å². The Bertz CT molecular complexity index is 139. The maximum atomic E-state index is 9.97. The molecule has 0 spiro atoms. The van der Waals surface area contributed by atoms with E-state index in [0.29, 0.717) is 6.04 Å². The lowest BCUT2D eigenvalue weighted by Crippen LogP contribution is -2.59. The van der Waals surface area contributed by atoms with E-state index in [1.54, 1.807) is 0 Å². The minimum absolute atomic E-state index is 0.336. The van der Waals surface area contributed by atoms with Gasteiger partial charge in [0.1, 0.15) is 0 Å². The van der Waals surface area contributed by atoms with Crippen LogP contribution in [0.5, 0.6) is 0 Å². The van der Waals surface area contributed by atoms with Crippen LogP contribution in [0.2, 0.25) is 0 Å². The van der Waals surface area contributed by atoms with Crippen molar-refractivity contribution in [1.82, 2.24) is 4.90 Å². The van der Waals surface area contributed by atoms with Gasteiger partial charge in [-0.2, -0.15) is 0 Å². The van der Waals surface area contributed by atoms with Gasteiger partial charge in [0, 0.05) is 25.7 Å². The van der Waals surface area contributed by atoms with Crippen molar-refractivity contribution in [2.24, 2.45) is 5.73 Å². The molecule has 3 heteroatoms. The van der Waals surface area contributed by atoms with E-state index in [2.05, 4.69) is 4.90 Å². The third-order valence-corrected chi connectivity index (χ3v) is 2.82. The summed E-state index contributed by atoms with van der Waals surface area (Å²) < 4.78 is 0. The molecule has 0 bridgehead atoms. The Balaban J connectivity index is 2.28. The summed E-state index contributed by atoms with van der Waals surface area (Å²) >= 11 is 0. The Hall–Kier alpha value is -0.120. The average molecular weight is 172 g/mol. The molecule has 3 N–H and O–H groups in total. The second-order valence-corrected chi connectivity index (χ2v) is 3.89. The molecule has 0 aromatic heterocycles. The fraction of sp³-hybridized carbons (Fsp3) is 1.00. The smallest absolute Gasteiger partial charge is 0.0768 e. The number of rotatable bonds is 4. The van der Waals surface area contributed by atoms with Crippen LogP contribution in [0.4, 0.5) is 0 Å². The third kappa shape index (κ3) is 2.19. The van der Waals surface area contributed by atoms with Crippen LogP contribution in [-0.4, -0.2) is 41.3 Å². The van der Waals surface area contributed by atoms with Crippen LogP contribution in [0, 0.1) is 0 Å². The first-order valence-electron chi connectivity index (χ1n) is 4.80.